The summed E-state index contributed by atoms with van der Waals surface area (Å²) in [5.74, 6) is -0.460. The Morgan fingerprint density at radius 1 is 1.44 bits per heavy atom. The van der Waals surface area contributed by atoms with Crippen molar-refractivity contribution < 1.29 is 14.6 Å². The lowest BCUT2D eigenvalue weighted by molar-refractivity contribution is -0.289. The van der Waals surface area contributed by atoms with Crippen molar-refractivity contribution >= 4 is 5.97 Å². The van der Waals surface area contributed by atoms with Gasteiger partial charge in [-0.1, -0.05) is 37.3 Å². The van der Waals surface area contributed by atoms with Gasteiger partial charge in [0.1, 0.15) is 6.07 Å². The molecular weight excluding hydrogens is 206 g/mol. The first-order chi connectivity index (χ1) is 7.77. The molecule has 0 aliphatic rings. The van der Waals surface area contributed by atoms with Crippen LogP contribution < -0.4 is 0 Å². The van der Waals surface area contributed by atoms with E-state index in [1.54, 1.807) is 24.3 Å². The summed E-state index contributed by atoms with van der Waals surface area (Å²) < 4.78 is 0. The minimum absolute atomic E-state index is 0.285. The van der Waals surface area contributed by atoms with E-state index >= 15 is 0 Å². The Morgan fingerprint density at radius 3 is 2.69 bits per heavy atom. The smallest absolute Gasteiger partial charge is 0.297 e. The molecule has 1 aromatic rings. The molecule has 4 nitrogen and oxygen atoms in total. The molecular formula is C12H13NO3. The maximum atomic E-state index is 11.0. The van der Waals surface area contributed by atoms with E-state index in [4.69, 9.17) is 10.1 Å². The van der Waals surface area contributed by atoms with E-state index in [0.717, 1.165) is 0 Å². The Balaban J connectivity index is 2.51. The van der Waals surface area contributed by atoms with E-state index in [-0.39, 0.29) is 6.42 Å². The molecule has 16 heavy (non-hydrogen) atoms. The second-order valence-corrected chi connectivity index (χ2v) is 3.22. The van der Waals surface area contributed by atoms with E-state index in [0.29, 0.717) is 12.0 Å². The highest BCUT2D eigenvalue weighted by Crippen LogP contribution is 2.16. The van der Waals surface area contributed by atoms with Crippen molar-refractivity contribution in [2.24, 2.45) is 0 Å². The molecule has 4 heteroatoms. The van der Waals surface area contributed by atoms with Crippen molar-refractivity contribution in [3.63, 3.8) is 0 Å². The lowest BCUT2D eigenvalue weighted by Crippen LogP contribution is -2.08. The molecule has 0 aliphatic carbocycles. The molecule has 0 N–H and O–H groups in total. The Hall–Kier alpha value is -1.86. The molecule has 0 heterocycles. The normalized spacial score (nSPS) is 11.5. The third-order valence-electron chi connectivity index (χ3n) is 1.91. The first-order valence-corrected chi connectivity index (χ1v) is 5.08. The van der Waals surface area contributed by atoms with E-state index in [1.807, 2.05) is 19.1 Å². The van der Waals surface area contributed by atoms with Gasteiger partial charge in [-0.25, -0.2) is 4.79 Å². The highest BCUT2D eigenvalue weighted by molar-refractivity contribution is 5.68. The number of rotatable bonds is 5. The standard InChI is InChI=1S/C12H13NO3/c1-2-6-12(14)16-15-11(9-13)10-7-4-3-5-8-10/h3-5,7-8,11H,2,6H2,1H3. The summed E-state index contributed by atoms with van der Waals surface area (Å²) in [5, 5.41) is 8.86. The third-order valence-corrected chi connectivity index (χ3v) is 1.91. The molecule has 1 aromatic carbocycles. The van der Waals surface area contributed by atoms with E-state index in [1.165, 1.54) is 0 Å². The predicted octanol–water partition coefficient (Wildman–Crippen LogP) is 2.53. The molecule has 0 radical (unpaired) electrons. The zero-order chi connectivity index (χ0) is 11.8. The van der Waals surface area contributed by atoms with Gasteiger partial charge in [-0.3, -0.25) is 4.89 Å². The minimum Gasteiger partial charge on any atom is -0.297 e. The topological polar surface area (TPSA) is 59.3 Å². The molecule has 0 saturated heterocycles. The van der Waals surface area contributed by atoms with Crippen LogP contribution in [0.1, 0.15) is 31.4 Å². The van der Waals surface area contributed by atoms with Gasteiger partial charge in [0, 0.05) is 6.42 Å². The molecule has 1 atom stereocenters. The molecule has 0 bridgehead atoms. The summed E-state index contributed by atoms with van der Waals surface area (Å²) in [7, 11) is 0. The van der Waals surface area contributed by atoms with Crippen LogP contribution >= 0.6 is 0 Å². The molecule has 0 fully saturated rings. The fourth-order valence-electron chi connectivity index (χ4n) is 1.13. The lowest BCUT2D eigenvalue weighted by Gasteiger charge is -2.08. The molecule has 0 amide bonds. The quantitative estimate of drug-likeness (QED) is 0.564. The van der Waals surface area contributed by atoms with Crippen LogP contribution in [-0.4, -0.2) is 5.97 Å². The van der Waals surface area contributed by atoms with Gasteiger partial charge in [0.2, 0.25) is 6.10 Å². The monoisotopic (exact) mass is 219 g/mol. The molecule has 0 aromatic heterocycles. The van der Waals surface area contributed by atoms with Crippen LogP contribution in [0.4, 0.5) is 0 Å². The van der Waals surface area contributed by atoms with Crippen LogP contribution in [0.5, 0.6) is 0 Å². The van der Waals surface area contributed by atoms with E-state index in [9.17, 15) is 4.79 Å². The Kier molecular flexibility index (Phi) is 5.03. The summed E-state index contributed by atoms with van der Waals surface area (Å²) in [6, 6.07) is 10.8. The van der Waals surface area contributed by atoms with Crippen LogP contribution in [-0.2, 0) is 14.6 Å². The highest BCUT2D eigenvalue weighted by Gasteiger charge is 2.14. The number of hydrogen-bond donors (Lipinski definition) is 0. The van der Waals surface area contributed by atoms with E-state index < -0.39 is 12.1 Å². The van der Waals surface area contributed by atoms with Gasteiger partial charge in [0.15, 0.2) is 0 Å². The Morgan fingerprint density at radius 2 is 2.12 bits per heavy atom. The summed E-state index contributed by atoms with van der Waals surface area (Å²) in [6.07, 6.45) is 0.0968. The molecule has 0 spiro atoms. The first kappa shape index (κ1) is 12.2. The zero-order valence-corrected chi connectivity index (χ0v) is 9.05. The van der Waals surface area contributed by atoms with Gasteiger partial charge in [0.05, 0.1) is 0 Å². The maximum Gasteiger partial charge on any atom is 0.342 e. The van der Waals surface area contributed by atoms with Crippen LogP contribution in [0, 0.1) is 11.3 Å². The summed E-state index contributed by atoms with van der Waals surface area (Å²) in [4.78, 5) is 20.3. The summed E-state index contributed by atoms with van der Waals surface area (Å²) in [6.45, 7) is 1.86. The lowest BCUT2D eigenvalue weighted by atomic mass is 10.1. The van der Waals surface area contributed by atoms with Crippen molar-refractivity contribution in [2.75, 3.05) is 0 Å². The fraction of sp³-hybridized carbons (Fsp3) is 0.333. The molecule has 0 saturated carbocycles. The van der Waals surface area contributed by atoms with Crippen molar-refractivity contribution in [3.8, 4) is 6.07 Å². The van der Waals surface area contributed by atoms with Crippen LogP contribution in [0.3, 0.4) is 0 Å². The van der Waals surface area contributed by atoms with Crippen molar-refractivity contribution in [1.29, 1.82) is 5.26 Å². The number of nitriles is 1. The molecule has 0 aliphatic heterocycles. The number of carbonyl (C=O) groups is 1. The van der Waals surface area contributed by atoms with Gasteiger partial charge in [0.25, 0.3) is 0 Å². The van der Waals surface area contributed by atoms with Crippen LogP contribution in [0.25, 0.3) is 0 Å². The zero-order valence-electron chi connectivity index (χ0n) is 9.05. The number of hydrogen-bond acceptors (Lipinski definition) is 4. The molecule has 84 valence electrons. The average molecular weight is 219 g/mol. The Bertz CT molecular complexity index is 370. The van der Waals surface area contributed by atoms with Crippen molar-refractivity contribution in [3.05, 3.63) is 35.9 Å². The fourth-order valence-corrected chi connectivity index (χ4v) is 1.13. The second kappa shape index (κ2) is 6.59. The highest BCUT2D eigenvalue weighted by atomic mass is 17.2. The number of nitrogens with zero attached hydrogens (tertiary/aromatic N) is 1. The number of benzene rings is 1. The predicted molar refractivity (Wildman–Crippen MR) is 56.9 cm³/mol. The van der Waals surface area contributed by atoms with E-state index in [2.05, 4.69) is 4.89 Å². The minimum atomic E-state index is -0.873. The van der Waals surface area contributed by atoms with Crippen LogP contribution in [0.2, 0.25) is 0 Å². The summed E-state index contributed by atoms with van der Waals surface area (Å²) >= 11 is 0. The second-order valence-electron chi connectivity index (χ2n) is 3.22. The average Bonchev–Trinajstić information content (AvgIpc) is 2.31. The maximum absolute atomic E-state index is 11.0. The van der Waals surface area contributed by atoms with Crippen molar-refractivity contribution in [1.82, 2.24) is 0 Å². The van der Waals surface area contributed by atoms with Gasteiger partial charge in [-0.05, 0) is 12.0 Å². The Labute approximate surface area is 94.3 Å². The largest absolute Gasteiger partial charge is 0.342 e. The van der Waals surface area contributed by atoms with Gasteiger partial charge in [-0.2, -0.15) is 10.1 Å². The molecule has 1 unspecified atom stereocenters. The van der Waals surface area contributed by atoms with Gasteiger partial charge >= 0.3 is 5.97 Å². The molecule has 1 rings (SSSR count). The number of carbonyl (C=O) groups excluding carboxylic acids is 1. The van der Waals surface area contributed by atoms with Gasteiger partial charge < -0.3 is 0 Å². The third kappa shape index (κ3) is 3.71. The van der Waals surface area contributed by atoms with Crippen molar-refractivity contribution in [2.45, 2.75) is 25.9 Å². The SMILES string of the molecule is CCCC(=O)OOC(C#N)c1ccccc1. The first-order valence-electron chi connectivity index (χ1n) is 5.08. The summed E-state index contributed by atoms with van der Waals surface area (Å²) in [5.41, 5.74) is 0.661. The van der Waals surface area contributed by atoms with Crippen LogP contribution in [0.15, 0.2) is 30.3 Å². The van der Waals surface area contributed by atoms with Gasteiger partial charge in [-0.15, -0.1) is 0 Å².